The Morgan fingerprint density at radius 2 is 1.04 bits per heavy atom. The van der Waals surface area contributed by atoms with Crippen molar-refractivity contribution in [2.24, 2.45) is 11.5 Å². The second-order valence-electron chi connectivity index (χ2n) is 5.80. The van der Waals surface area contributed by atoms with Crippen LogP contribution in [0.4, 0.5) is 27.8 Å². The van der Waals surface area contributed by atoms with Crippen LogP contribution in [0, 0.1) is 17.5 Å². The Kier molecular flexibility index (Phi) is 7.48. The van der Waals surface area contributed by atoms with Gasteiger partial charge in [0.2, 0.25) is 0 Å². The fourth-order valence-electron chi connectivity index (χ4n) is 2.41. The van der Waals surface area contributed by atoms with E-state index in [1.165, 1.54) is 0 Å². The Morgan fingerprint density at radius 1 is 0.607 bits per heavy atom. The van der Waals surface area contributed by atoms with Crippen LogP contribution < -0.4 is 16.8 Å². The molecule has 4 N–H and O–H groups in total. The Balaban J connectivity index is 0.000000209. The highest BCUT2D eigenvalue weighted by atomic mass is 19.4. The minimum atomic E-state index is -1.91. The van der Waals surface area contributed by atoms with Gasteiger partial charge in [-0.05, 0) is 28.6 Å². The lowest BCUT2D eigenvalue weighted by atomic mass is 9.95. The normalized spacial score (nSPS) is 12.5. The van der Waals surface area contributed by atoms with Crippen molar-refractivity contribution in [1.29, 1.82) is 0 Å². The van der Waals surface area contributed by atoms with Gasteiger partial charge in [0.25, 0.3) is 0 Å². The fraction of sp³-hybridized carbons (Fsp3) is 0.100. The van der Waals surface area contributed by atoms with E-state index in [2.05, 4.69) is 0 Å². The highest BCUT2D eigenvalue weighted by Gasteiger charge is 2.18. The van der Waals surface area contributed by atoms with E-state index in [4.69, 9.17) is 11.5 Å². The molecule has 3 rings (SSSR count). The molecule has 8 heteroatoms. The van der Waals surface area contributed by atoms with Crippen molar-refractivity contribution in [2.45, 2.75) is 12.1 Å². The summed E-state index contributed by atoms with van der Waals surface area (Å²) in [4.78, 5) is 0. The van der Waals surface area contributed by atoms with Gasteiger partial charge in [-0.3, -0.25) is 0 Å². The van der Waals surface area contributed by atoms with Gasteiger partial charge < -0.3 is 11.5 Å². The standard InChI is InChI=1S/C14H16N2.C6H2F5N/c15-13(11-7-3-1-4-8-11)14(16)12-9-5-2-6-10-12;7-3-1-2-4(12(10)11)6(9)5(3)8/h1-10,13-14H,15-16H2;1-2H. The molecule has 28 heavy (non-hydrogen) atoms. The molecule has 3 nitrogen and oxygen atoms in total. The molecule has 3 aromatic carbocycles. The second kappa shape index (κ2) is 9.82. The first kappa shape index (κ1) is 21.3. The van der Waals surface area contributed by atoms with Crippen LogP contribution in [-0.2, 0) is 0 Å². The highest BCUT2D eigenvalue weighted by Crippen LogP contribution is 2.24. The summed E-state index contributed by atoms with van der Waals surface area (Å²) in [6, 6.07) is 20.4. The number of hydrogen-bond donors (Lipinski definition) is 2. The van der Waals surface area contributed by atoms with Crippen LogP contribution in [0.5, 0.6) is 0 Å². The van der Waals surface area contributed by atoms with Crippen LogP contribution >= 0.6 is 0 Å². The van der Waals surface area contributed by atoms with Crippen LogP contribution in [0.15, 0.2) is 72.8 Å². The third-order valence-corrected chi connectivity index (χ3v) is 3.95. The van der Waals surface area contributed by atoms with Crippen LogP contribution in [0.2, 0.25) is 0 Å². The van der Waals surface area contributed by atoms with E-state index < -0.39 is 28.5 Å². The average Bonchev–Trinajstić information content (AvgIpc) is 2.72. The molecule has 0 aliphatic rings. The number of nitrogens with zero attached hydrogens (tertiary/aromatic N) is 1. The molecular formula is C20H18F5N3. The largest absolute Gasteiger partial charge is 0.322 e. The van der Waals surface area contributed by atoms with Gasteiger partial charge in [0, 0.05) is 12.1 Å². The second-order valence-corrected chi connectivity index (χ2v) is 5.80. The molecule has 0 bridgehead atoms. The van der Waals surface area contributed by atoms with E-state index >= 15 is 0 Å². The molecule has 0 aromatic heterocycles. The molecule has 0 radical (unpaired) electrons. The lowest BCUT2D eigenvalue weighted by Gasteiger charge is -2.20. The Labute approximate surface area is 158 Å². The number of anilines is 1. The van der Waals surface area contributed by atoms with E-state index in [9.17, 15) is 22.1 Å². The van der Waals surface area contributed by atoms with Crippen LogP contribution in [-0.4, -0.2) is 0 Å². The molecular weight excluding hydrogens is 377 g/mol. The van der Waals surface area contributed by atoms with E-state index in [0.29, 0.717) is 12.1 Å². The lowest BCUT2D eigenvalue weighted by molar-refractivity contribution is 0.229. The summed E-state index contributed by atoms with van der Waals surface area (Å²) in [5.41, 5.74) is 13.1. The lowest BCUT2D eigenvalue weighted by Crippen LogP contribution is -2.26. The molecule has 2 atom stereocenters. The third kappa shape index (κ3) is 5.28. The maximum atomic E-state index is 12.4. The Hall–Kier alpha value is -2.97. The third-order valence-electron chi connectivity index (χ3n) is 3.95. The van der Waals surface area contributed by atoms with E-state index in [-0.39, 0.29) is 12.1 Å². The summed E-state index contributed by atoms with van der Waals surface area (Å²) in [5, 5.41) is -1.63. The van der Waals surface area contributed by atoms with Crippen LogP contribution in [0.3, 0.4) is 0 Å². The molecule has 2 unspecified atom stereocenters. The van der Waals surface area contributed by atoms with Crippen LogP contribution in [0.25, 0.3) is 0 Å². The van der Waals surface area contributed by atoms with Gasteiger partial charge in [-0.25, -0.2) is 13.2 Å². The fourth-order valence-corrected chi connectivity index (χ4v) is 2.41. The molecule has 148 valence electrons. The van der Waals surface area contributed by atoms with Gasteiger partial charge in [0.15, 0.2) is 17.5 Å². The van der Waals surface area contributed by atoms with Gasteiger partial charge >= 0.3 is 0 Å². The molecule has 0 saturated heterocycles. The predicted octanol–water partition coefficient (Wildman–Crippen LogP) is 5.07. The number of benzene rings is 3. The molecule has 0 aliphatic carbocycles. The van der Waals surface area contributed by atoms with Gasteiger partial charge in [0.05, 0.1) is 0 Å². The van der Waals surface area contributed by atoms with Crippen molar-refractivity contribution in [3.05, 3.63) is 101 Å². The zero-order valence-electron chi connectivity index (χ0n) is 14.6. The summed E-state index contributed by atoms with van der Waals surface area (Å²) in [5.74, 6) is -5.31. The minimum absolute atomic E-state index is 0.163. The van der Waals surface area contributed by atoms with E-state index in [1.54, 1.807) is 0 Å². The smallest absolute Gasteiger partial charge is 0.196 e. The number of nitrogens with two attached hydrogens (primary N) is 2. The Morgan fingerprint density at radius 3 is 1.43 bits per heavy atom. The van der Waals surface area contributed by atoms with E-state index in [1.807, 2.05) is 60.7 Å². The summed E-state index contributed by atoms with van der Waals surface area (Å²) in [6.45, 7) is 0. The quantitative estimate of drug-likeness (QED) is 0.369. The first-order chi connectivity index (χ1) is 13.3. The van der Waals surface area contributed by atoms with Crippen molar-refractivity contribution in [1.82, 2.24) is 0 Å². The van der Waals surface area contributed by atoms with Gasteiger partial charge in [-0.2, -0.15) is 0 Å². The number of rotatable bonds is 4. The summed E-state index contributed by atoms with van der Waals surface area (Å²) in [6.07, 6.45) is 0. The zero-order valence-corrected chi connectivity index (χ0v) is 14.6. The minimum Gasteiger partial charge on any atom is -0.322 e. The maximum absolute atomic E-state index is 12.4. The summed E-state index contributed by atoms with van der Waals surface area (Å²) in [7, 11) is 0. The van der Waals surface area contributed by atoms with Crippen molar-refractivity contribution >= 4 is 5.69 Å². The molecule has 0 saturated carbocycles. The first-order valence-corrected chi connectivity index (χ1v) is 8.19. The molecule has 3 aromatic rings. The van der Waals surface area contributed by atoms with Gasteiger partial charge in [-0.15, -0.1) is 0 Å². The topological polar surface area (TPSA) is 55.3 Å². The molecule has 0 aliphatic heterocycles. The maximum Gasteiger partial charge on any atom is 0.196 e. The van der Waals surface area contributed by atoms with Crippen LogP contribution in [0.1, 0.15) is 23.2 Å². The van der Waals surface area contributed by atoms with Crippen molar-refractivity contribution in [3.63, 3.8) is 0 Å². The molecule has 0 spiro atoms. The van der Waals surface area contributed by atoms with E-state index in [0.717, 1.165) is 11.1 Å². The number of halogens is 5. The molecule has 0 amide bonds. The summed E-state index contributed by atoms with van der Waals surface area (Å²) >= 11 is 0. The zero-order chi connectivity index (χ0) is 20.7. The number of hydrogen-bond acceptors (Lipinski definition) is 3. The molecule has 0 heterocycles. The highest BCUT2D eigenvalue weighted by molar-refractivity contribution is 5.43. The molecule has 0 fully saturated rings. The van der Waals surface area contributed by atoms with Gasteiger partial charge in [0.1, 0.15) is 5.69 Å². The average molecular weight is 395 g/mol. The predicted molar refractivity (Wildman–Crippen MR) is 97.8 cm³/mol. The Bertz CT molecular complexity index is 832. The van der Waals surface area contributed by atoms with Crippen molar-refractivity contribution in [3.8, 4) is 0 Å². The summed E-state index contributed by atoms with van der Waals surface area (Å²) < 4.78 is 60.1. The first-order valence-electron chi connectivity index (χ1n) is 8.19. The monoisotopic (exact) mass is 395 g/mol. The van der Waals surface area contributed by atoms with Crippen molar-refractivity contribution < 1.29 is 22.1 Å². The SMILES string of the molecule is Fc1ccc(N(F)F)c(F)c1F.NC(c1ccccc1)C(N)c1ccccc1. The van der Waals surface area contributed by atoms with Gasteiger partial charge in [-0.1, -0.05) is 69.6 Å². The van der Waals surface area contributed by atoms with Crippen molar-refractivity contribution in [2.75, 3.05) is 5.34 Å².